The van der Waals surface area contributed by atoms with E-state index >= 15 is 0 Å². The van der Waals surface area contributed by atoms with Crippen molar-refractivity contribution in [2.24, 2.45) is 0 Å². The molecule has 0 bridgehead atoms. The minimum atomic E-state index is -1.99. The van der Waals surface area contributed by atoms with Crippen molar-refractivity contribution in [1.29, 1.82) is 0 Å². The van der Waals surface area contributed by atoms with Gasteiger partial charge in [-0.25, -0.2) is 4.98 Å². The zero-order valence-electron chi connectivity index (χ0n) is 21.1. The molecule has 1 aliphatic rings. The highest BCUT2D eigenvalue weighted by atomic mass is 35.5. The molecule has 2 heterocycles. The van der Waals surface area contributed by atoms with E-state index in [0.29, 0.717) is 18.9 Å². The summed E-state index contributed by atoms with van der Waals surface area (Å²) in [7, 11) is -2.33. The van der Waals surface area contributed by atoms with Gasteiger partial charge in [0.05, 0.1) is 31.5 Å². The van der Waals surface area contributed by atoms with E-state index in [2.05, 4.69) is 77.7 Å². The largest absolute Gasteiger partial charge is 0.481 e. The molecule has 0 spiro atoms. The van der Waals surface area contributed by atoms with Crippen molar-refractivity contribution in [3.8, 4) is 5.88 Å². The molecule has 9 heteroatoms. The number of hydrogen-bond acceptors (Lipinski definition) is 6. The van der Waals surface area contributed by atoms with Crippen molar-refractivity contribution < 1.29 is 18.3 Å². The molecular weight excluding hydrogens is 448 g/mol. The van der Waals surface area contributed by atoms with Crippen molar-refractivity contribution in [2.75, 3.05) is 13.7 Å². The second-order valence-corrected chi connectivity index (χ2v) is 21.4. The van der Waals surface area contributed by atoms with Gasteiger partial charge in [0.2, 0.25) is 11.2 Å². The Morgan fingerprint density at radius 2 is 1.65 bits per heavy atom. The van der Waals surface area contributed by atoms with E-state index in [1.165, 1.54) is 0 Å². The first-order valence-corrected chi connectivity index (χ1v) is 17.2. The Hall–Kier alpha value is -0.516. The van der Waals surface area contributed by atoms with Crippen LogP contribution in [0.3, 0.4) is 0 Å². The highest BCUT2D eigenvalue weighted by molar-refractivity contribution is 6.74. The molecule has 2 rings (SSSR count). The van der Waals surface area contributed by atoms with Gasteiger partial charge in [-0.15, -0.1) is 0 Å². The standard InChI is InChI=1S/C22H41ClN2O4Si2/c1-21(2,3)30(8,9)27-14-18-17(29-31(10,11)22(4,5)6)12-16(28-18)15-13-24-20(23)25-19(15)26-7/h13,16-18H,12,14H2,1-11H3/t16-,17+,18-/m1/s1. The molecule has 1 fully saturated rings. The molecule has 0 unspecified atom stereocenters. The molecule has 6 nitrogen and oxygen atoms in total. The molecule has 178 valence electrons. The Balaban J connectivity index is 2.29. The van der Waals surface area contributed by atoms with Crippen LogP contribution in [0.1, 0.15) is 59.6 Å². The SMILES string of the molecule is COc1nc(Cl)ncc1[C@H]1C[C@H](O[Si](C)(C)C(C)(C)C)[C@@H](CO[Si](C)(C)C(C)(C)C)O1. The fourth-order valence-electron chi connectivity index (χ4n) is 2.99. The van der Waals surface area contributed by atoms with Crippen LogP contribution in [0, 0.1) is 0 Å². The van der Waals surface area contributed by atoms with Gasteiger partial charge in [0.15, 0.2) is 16.6 Å². The lowest BCUT2D eigenvalue weighted by molar-refractivity contribution is -0.0172. The van der Waals surface area contributed by atoms with Gasteiger partial charge in [-0.1, -0.05) is 41.5 Å². The second-order valence-electron chi connectivity index (χ2n) is 11.5. The normalized spacial score (nSPS) is 23.3. The first kappa shape index (κ1) is 26.7. The number of rotatable bonds is 7. The zero-order chi connectivity index (χ0) is 23.8. The van der Waals surface area contributed by atoms with E-state index in [4.69, 9.17) is 29.9 Å². The summed E-state index contributed by atoms with van der Waals surface area (Å²) in [6.07, 6.45) is 1.96. The summed E-state index contributed by atoms with van der Waals surface area (Å²) < 4.78 is 25.3. The fourth-order valence-corrected chi connectivity index (χ4v) is 5.49. The zero-order valence-corrected chi connectivity index (χ0v) is 23.9. The number of nitrogens with zero attached hydrogens (tertiary/aromatic N) is 2. The lowest BCUT2D eigenvalue weighted by Crippen LogP contribution is -2.48. The molecular formula is C22H41ClN2O4Si2. The molecule has 1 aromatic rings. The Morgan fingerprint density at radius 1 is 1.06 bits per heavy atom. The number of hydrogen-bond donors (Lipinski definition) is 0. The van der Waals surface area contributed by atoms with Crippen LogP contribution in [0.2, 0.25) is 41.5 Å². The summed E-state index contributed by atoms with van der Waals surface area (Å²) >= 11 is 5.96. The van der Waals surface area contributed by atoms with E-state index < -0.39 is 16.6 Å². The molecule has 31 heavy (non-hydrogen) atoms. The molecule has 0 saturated carbocycles. The summed E-state index contributed by atoms with van der Waals surface area (Å²) in [5.41, 5.74) is 0.797. The van der Waals surface area contributed by atoms with Crippen LogP contribution in [0.4, 0.5) is 0 Å². The highest BCUT2D eigenvalue weighted by Gasteiger charge is 2.47. The second kappa shape index (κ2) is 9.39. The summed E-state index contributed by atoms with van der Waals surface area (Å²) in [6.45, 7) is 23.1. The first-order chi connectivity index (χ1) is 14.0. The number of ether oxygens (including phenoxy) is 2. The minimum absolute atomic E-state index is 0.0592. The highest BCUT2D eigenvalue weighted by Crippen LogP contribution is 2.44. The van der Waals surface area contributed by atoms with Crippen LogP contribution in [-0.2, 0) is 13.6 Å². The molecule has 0 aliphatic carbocycles. The van der Waals surface area contributed by atoms with E-state index in [1.54, 1.807) is 13.3 Å². The van der Waals surface area contributed by atoms with Crippen molar-refractivity contribution in [3.63, 3.8) is 0 Å². The van der Waals surface area contributed by atoms with Crippen molar-refractivity contribution in [3.05, 3.63) is 17.0 Å². The van der Waals surface area contributed by atoms with Crippen LogP contribution in [-0.4, -0.2) is 52.5 Å². The van der Waals surface area contributed by atoms with E-state index in [-0.39, 0.29) is 33.7 Å². The third-order valence-corrected chi connectivity index (χ3v) is 16.3. The predicted molar refractivity (Wildman–Crippen MR) is 131 cm³/mol. The van der Waals surface area contributed by atoms with Gasteiger partial charge in [-0.2, -0.15) is 4.98 Å². The number of aromatic nitrogens is 2. The third kappa shape index (κ3) is 6.29. The van der Waals surface area contributed by atoms with Gasteiger partial charge in [-0.3, -0.25) is 0 Å². The summed E-state index contributed by atoms with van der Waals surface area (Å²) in [4.78, 5) is 8.36. The van der Waals surface area contributed by atoms with Gasteiger partial charge in [-0.05, 0) is 47.9 Å². The first-order valence-electron chi connectivity index (χ1n) is 11.0. The summed E-state index contributed by atoms with van der Waals surface area (Å²) in [5, 5.41) is 0.399. The Bertz CT molecular complexity index is 763. The van der Waals surface area contributed by atoms with E-state index in [9.17, 15) is 0 Å². The maximum Gasteiger partial charge on any atom is 0.225 e. The maximum absolute atomic E-state index is 6.82. The lowest BCUT2D eigenvalue weighted by Gasteiger charge is -2.40. The Kier molecular flexibility index (Phi) is 8.09. The van der Waals surface area contributed by atoms with Gasteiger partial charge >= 0.3 is 0 Å². The number of halogens is 1. The van der Waals surface area contributed by atoms with Gasteiger partial charge in [0.1, 0.15) is 6.10 Å². The van der Waals surface area contributed by atoms with Crippen molar-refractivity contribution in [1.82, 2.24) is 9.97 Å². The van der Waals surface area contributed by atoms with Gasteiger partial charge in [0, 0.05) is 12.6 Å². The van der Waals surface area contributed by atoms with Gasteiger partial charge in [0.25, 0.3) is 0 Å². The quantitative estimate of drug-likeness (QED) is 0.327. The Labute approximate surface area is 195 Å². The molecule has 0 aromatic carbocycles. The van der Waals surface area contributed by atoms with Crippen LogP contribution >= 0.6 is 11.6 Å². The monoisotopic (exact) mass is 488 g/mol. The predicted octanol–water partition coefficient (Wildman–Crippen LogP) is 6.38. The minimum Gasteiger partial charge on any atom is -0.481 e. The summed E-state index contributed by atoms with van der Waals surface area (Å²) in [6, 6.07) is 0. The van der Waals surface area contributed by atoms with Crippen LogP contribution in [0.5, 0.6) is 5.88 Å². The average molecular weight is 489 g/mol. The van der Waals surface area contributed by atoms with E-state index in [0.717, 1.165) is 5.56 Å². The molecule has 1 aromatic heterocycles. The van der Waals surface area contributed by atoms with Gasteiger partial charge < -0.3 is 18.3 Å². The molecule has 0 radical (unpaired) electrons. The van der Waals surface area contributed by atoms with Crippen molar-refractivity contribution >= 4 is 28.2 Å². The average Bonchev–Trinajstić information content (AvgIpc) is 2.99. The number of methoxy groups -OCH3 is 1. The molecule has 3 atom stereocenters. The van der Waals surface area contributed by atoms with Crippen LogP contribution < -0.4 is 4.74 Å². The third-order valence-electron chi connectivity index (χ3n) is 7.16. The molecule has 1 aliphatic heterocycles. The molecule has 1 saturated heterocycles. The van der Waals surface area contributed by atoms with Crippen molar-refractivity contribution in [2.45, 2.75) is 103 Å². The van der Waals surface area contributed by atoms with E-state index in [1.807, 2.05) is 0 Å². The summed E-state index contributed by atoms with van der Waals surface area (Å²) in [5.74, 6) is 0.446. The lowest BCUT2D eigenvalue weighted by atomic mass is 10.1. The topological polar surface area (TPSA) is 62.7 Å². The van der Waals surface area contributed by atoms with Crippen LogP contribution in [0.25, 0.3) is 0 Å². The molecule has 0 amide bonds. The maximum atomic E-state index is 6.82. The smallest absolute Gasteiger partial charge is 0.225 e. The Morgan fingerprint density at radius 3 is 2.16 bits per heavy atom. The van der Waals surface area contributed by atoms with Crippen LogP contribution in [0.15, 0.2) is 6.20 Å². The fraction of sp³-hybridized carbons (Fsp3) is 0.818. The molecule has 0 N–H and O–H groups in total.